The minimum Gasteiger partial charge on any atom is -0.484 e. The van der Waals surface area contributed by atoms with Crippen molar-refractivity contribution in [3.05, 3.63) is 64.4 Å². The number of halogens is 4. The van der Waals surface area contributed by atoms with Crippen LogP contribution in [0.15, 0.2) is 36.4 Å². The third-order valence-electron chi connectivity index (χ3n) is 4.65. The van der Waals surface area contributed by atoms with Gasteiger partial charge in [-0.2, -0.15) is 0 Å². The lowest BCUT2D eigenvalue weighted by atomic mass is 9.88. The first-order valence-electron chi connectivity index (χ1n) is 8.70. The maximum atomic E-state index is 13.8. The van der Waals surface area contributed by atoms with E-state index >= 15 is 0 Å². The van der Waals surface area contributed by atoms with Crippen molar-refractivity contribution >= 4 is 23.3 Å². The summed E-state index contributed by atoms with van der Waals surface area (Å²) in [6, 6.07) is 7.56. The molecule has 1 heterocycles. The molecule has 0 saturated carbocycles. The van der Waals surface area contributed by atoms with Crippen LogP contribution in [-0.4, -0.2) is 36.3 Å². The predicted molar refractivity (Wildman–Crippen MR) is 96.9 cm³/mol. The first-order valence-corrected chi connectivity index (χ1v) is 9.08. The Kier molecular flexibility index (Phi) is 6.24. The second kappa shape index (κ2) is 8.65. The SMILES string of the molecule is O=C(c1c(F)cc(F)cc1F)C1CCN(C(=O)COc2ccc(Cl)cc2)CC1. The number of carbonyl (C=O) groups excluding carboxylic acids is 2. The Hall–Kier alpha value is -2.54. The van der Waals surface area contributed by atoms with Crippen LogP contribution in [0.1, 0.15) is 23.2 Å². The van der Waals surface area contributed by atoms with Crippen LogP contribution in [-0.2, 0) is 4.79 Å². The van der Waals surface area contributed by atoms with Crippen LogP contribution >= 0.6 is 11.6 Å². The molecule has 4 nitrogen and oxygen atoms in total. The van der Waals surface area contributed by atoms with Crippen molar-refractivity contribution in [2.75, 3.05) is 19.7 Å². The highest BCUT2D eigenvalue weighted by Gasteiger charge is 2.31. The molecule has 0 aliphatic carbocycles. The summed E-state index contributed by atoms with van der Waals surface area (Å²) >= 11 is 5.78. The maximum absolute atomic E-state index is 13.8. The van der Waals surface area contributed by atoms with E-state index in [1.807, 2.05) is 0 Å². The van der Waals surface area contributed by atoms with E-state index in [4.69, 9.17) is 16.3 Å². The standard InChI is InChI=1S/C20H17ClF3NO3/c21-13-1-3-15(4-2-13)28-11-18(26)25-7-5-12(6-8-25)20(27)19-16(23)9-14(22)10-17(19)24/h1-4,9-10,12H,5-8,11H2. The quantitative estimate of drug-likeness (QED) is 0.691. The smallest absolute Gasteiger partial charge is 0.260 e. The molecule has 1 fully saturated rings. The Morgan fingerprint density at radius 3 is 2.18 bits per heavy atom. The van der Waals surface area contributed by atoms with Crippen molar-refractivity contribution < 1.29 is 27.5 Å². The number of nitrogens with zero attached hydrogens (tertiary/aromatic N) is 1. The molecule has 0 bridgehead atoms. The van der Waals surface area contributed by atoms with Crippen LogP contribution in [0, 0.1) is 23.4 Å². The second-order valence-electron chi connectivity index (χ2n) is 6.51. The Morgan fingerprint density at radius 1 is 1.04 bits per heavy atom. The molecule has 0 spiro atoms. The maximum Gasteiger partial charge on any atom is 0.260 e. The fourth-order valence-electron chi connectivity index (χ4n) is 3.14. The van der Waals surface area contributed by atoms with Crippen LogP contribution in [0.4, 0.5) is 13.2 Å². The number of benzene rings is 2. The first kappa shape index (κ1) is 20.2. The summed E-state index contributed by atoms with van der Waals surface area (Å²) in [7, 11) is 0. The number of ether oxygens (including phenoxy) is 1. The number of hydrogen-bond acceptors (Lipinski definition) is 3. The summed E-state index contributed by atoms with van der Waals surface area (Å²) in [6.07, 6.45) is 0.531. The van der Waals surface area contributed by atoms with Crippen molar-refractivity contribution in [3.63, 3.8) is 0 Å². The lowest BCUT2D eigenvalue weighted by molar-refractivity contribution is -0.134. The molecule has 0 unspecified atom stereocenters. The number of hydrogen-bond donors (Lipinski definition) is 0. The average molecular weight is 412 g/mol. The molecule has 0 N–H and O–H groups in total. The van der Waals surface area contributed by atoms with Crippen molar-refractivity contribution in [1.82, 2.24) is 4.90 Å². The summed E-state index contributed by atoms with van der Waals surface area (Å²) in [6.45, 7) is 0.370. The summed E-state index contributed by atoms with van der Waals surface area (Å²) in [5, 5.41) is 0.555. The summed E-state index contributed by atoms with van der Waals surface area (Å²) in [4.78, 5) is 26.2. The van der Waals surface area contributed by atoms with E-state index in [-0.39, 0.29) is 38.4 Å². The Labute approximate surface area is 164 Å². The fraction of sp³-hybridized carbons (Fsp3) is 0.300. The van der Waals surface area contributed by atoms with E-state index in [1.54, 1.807) is 24.3 Å². The van der Waals surface area contributed by atoms with Gasteiger partial charge in [0, 0.05) is 36.2 Å². The van der Waals surface area contributed by atoms with Gasteiger partial charge in [-0.1, -0.05) is 11.6 Å². The van der Waals surface area contributed by atoms with Gasteiger partial charge in [0.15, 0.2) is 12.4 Å². The lowest BCUT2D eigenvalue weighted by Gasteiger charge is -2.31. The molecule has 1 aliphatic rings. The molecule has 2 aromatic carbocycles. The Balaban J connectivity index is 1.54. The molecule has 1 saturated heterocycles. The topological polar surface area (TPSA) is 46.6 Å². The number of piperidine rings is 1. The van der Waals surface area contributed by atoms with Gasteiger partial charge in [-0.3, -0.25) is 9.59 Å². The minimum absolute atomic E-state index is 0.165. The van der Waals surface area contributed by atoms with Gasteiger partial charge in [0.25, 0.3) is 5.91 Å². The number of ketones is 1. The van der Waals surface area contributed by atoms with Crippen LogP contribution in [0.25, 0.3) is 0 Å². The number of rotatable bonds is 5. The van der Waals surface area contributed by atoms with E-state index in [0.29, 0.717) is 22.9 Å². The zero-order chi connectivity index (χ0) is 20.3. The molecule has 2 aromatic rings. The van der Waals surface area contributed by atoms with Gasteiger partial charge >= 0.3 is 0 Å². The molecule has 0 aromatic heterocycles. The van der Waals surface area contributed by atoms with Gasteiger partial charge in [-0.25, -0.2) is 13.2 Å². The second-order valence-corrected chi connectivity index (χ2v) is 6.94. The number of Topliss-reactive ketones (excluding diaryl/α,β-unsaturated/α-hetero) is 1. The van der Waals surface area contributed by atoms with E-state index < -0.39 is 34.7 Å². The Morgan fingerprint density at radius 2 is 1.61 bits per heavy atom. The van der Waals surface area contributed by atoms with Gasteiger partial charge in [-0.05, 0) is 37.1 Å². The molecule has 1 aliphatic heterocycles. The monoisotopic (exact) mass is 411 g/mol. The highest BCUT2D eigenvalue weighted by molar-refractivity contribution is 6.30. The van der Waals surface area contributed by atoms with Crippen molar-refractivity contribution in [2.24, 2.45) is 5.92 Å². The van der Waals surface area contributed by atoms with Crippen LogP contribution in [0.5, 0.6) is 5.75 Å². The highest BCUT2D eigenvalue weighted by Crippen LogP contribution is 2.25. The highest BCUT2D eigenvalue weighted by atomic mass is 35.5. The molecule has 3 rings (SSSR count). The summed E-state index contributed by atoms with van der Waals surface area (Å²) in [5.74, 6) is -4.58. The van der Waals surface area contributed by atoms with Crippen LogP contribution in [0.3, 0.4) is 0 Å². The van der Waals surface area contributed by atoms with E-state index in [0.717, 1.165) is 0 Å². The summed E-state index contributed by atoms with van der Waals surface area (Å²) in [5.41, 5.74) is -0.725. The molecule has 0 atom stereocenters. The van der Waals surface area contributed by atoms with Crippen molar-refractivity contribution in [1.29, 1.82) is 0 Å². The minimum atomic E-state index is -1.21. The van der Waals surface area contributed by atoms with Gasteiger partial charge in [0.2, 0.25) is 0 Å². The fourth-order valence-corrected chi connectivity index (χ4v) is 3.27. The molecule has 1 amide bonds. The largest absolute Gasteiger partial charge is 0.484 e. The first-order chi connectivity index (χ1) is 13.3. The van der Waals surface area contributed by atoms with Crippen LogP contribution in [0.2, 0.25) is 5.02 Å². The molecule has 148 valence electrons. The molecular weight excluding hydrogens is 395 g/mol. The zero-order valence-electron chi connectivity index (χ0n) is 14.8. The van der Waals surface area contributed by atoms with Crippen molar-refractivity contribution in [2.45, 2.75) is 12.8 Å². The Bertz CT molecular complexity index is 858. The predicted octanol–water partition coefficient (Wildman–Crippen LogP) is 4.26. The van der Waals surface area contributed by atoms with Crippen molar-refractivity contribution in [3.8, 4) is 5.75 Å². The zero-order valence-corrected chi connectivity index (χ0v) is 15.5. The third kappa shape index (κ3) is 4.65. The molecule has 0 radical (unpaired) electrons. The van der Waals surface area contributed by atoms with Gasteiger partial charge in [0.1, 0.15) is 23.2 Å². The molecular formula is C20H17ClF3NO3. The van der Waals surface area contributed by atoms with Gasteiger partial charge in [-0.15, -0.1) is 0 Å². The van der Waals surface area contributed by atoms with E-state index in [1.165, 1.54) is 4.90 Å². The normalized spacial score (nSPS) is 14.8. The summed E-state index contributed by atoms with van der Waals surface area (Å²) < 4.78 is 46.1. The third-order valence-corrected chi connectivity index (χ3v) is 4.90. The molecule has 28 heavy (non-hydrogen) atoms. The van der Waals surface area contributed by atoms with Gasteiger partial charge < -0.3 is 9.64 Å². The number of carbonyl (C=O) groups is 2. The number of amides is 1. The number of likely N-dealkylation sites (tertiary alicyclic amines) is 1. The van der Waals surface area contributed by atoms with E-state index in [9.17, 15) is 22.8 Å². The lowest BCUT2D eigenvalue weighted by Crippen LogP contribution is -2.42. The average Bonchev–Trinajstić information content (AvgIpc) is 2.66. The molecule has 8 heteroatoms. The van der Waals surface area contributed by atoms with Crippen LogP contribution < -0.4 is 4.74 Å². The van der Waals surface area contributed by atoms with E-state index in [2.05, 4.69) is 0 Å². The van der Waals surface area contributed by atoms with Gasteiger partial charge in [0.05, 0.1) is 5.56 Å².